The summed E-state index contributed by atoms with van der Waals surface area (Å²) in [7, 11) is -5.89. The van der Waals surface area contributed by atoms with Gasteiger partial charge in [-0.05, 0) is 0 Å². The Labute approximate surface area is 217 Å². The first kappa shape index (κ1) is 37.8. The predicted molar refractivity (Wildman–Crippen MR) is 149 cm³/mol. The normalized spacial score (nSPS) is 13.5. The molecule has 0 aromatic carbocycles. The summed E-state index contributed by atoms with van der Waals surface area (Å²) in [4.78, 5) is 0. The summed E-state index contributed by atoms with van der Waals surface area (Å²) in [6.07, 6.45) is 0. The first-order valence-electron chi connectivity index (χ1n) is 10.5. The topological polar surface area (TPSA) is 36.1 Å². The van der Waals surface area contributed by atoms with Gasteiger partial charge in [0.2, 0.25) is 0 Å². The van der Waals surface area contributed by atoms with Crippen LogP contribution in [0.2, 0.25) is 118 Å². The molecule has 0 amide bonds. The molecule has 0 aromatic heterocycles. The van der Waals surface area contributed by atoms with Crippen LogP contribution >= 0.6 is 0 Å². The van der Waals surface area contributed by atoms with Gasteiger partial charge in [0.25, 0.3) is 0 Å². The maximum absolute atomic E-state index is 3.74. The van der Waals surface area contributed by atoms with Crippen molar-refractivity contribution in [3.05, 3.63) is 0 Å². The van der Waals surface area contributed by atoms with Crippen LogP contribution in [0.25, 0.3) is 0 Å². The molecule has 0 saturated heterocycles. The second-order valence-corrected chi connectivity index (χ2v) is 43.9. The Hall–Kier alpha value is 2.47. The molecule has 0 aliphatic carbocycles. The average Bonchev–Trinajstić information content (AvgIpc) is 1.96. The van der Waals surface area contributed by atoms with Crippen LogP contribution in [0.15, 0.2) is 0 Å². The van der Waals surface area contributed by atoms with E-state index in [1.54, 1.807) is 0 Å². The van der Waals surface area contributed by atoms with Crippen molar-refractivity contribution in [1.29, 1.82) is 0 Å². The fourth-order valence-electron chi connectivity index (χ4n) is 3.38. The van der Waals surface area contributed by atoms with Crippen molar-refractivity contribution in [2.75, 3.05) is 0 Å². The van der Waals surface area contributed by atoms with Gasteiger partial charge in [0.15, 0.2) is 0 Å². The van der Waals surface area contributed by atoms with Crippen LogP contribution < -0.4 is 13.9 Å². The van der Waals surface area contributed by atoms with Gasteiger partial charge in [-0.1, -0.05) is 118 Å². The van der Waals surface area contributed by atoms with Crippen LogP contribution in [0.3, 0.4) is 0 Å². The molecule has 0 aliphatic rings. The Balaban J connectivity index is -0.000000152. The van der Waals surface area contributed by atoms with Gasteiger partial charge in [0.1, 0.15) is 49.4 Å². The van der Waals surface area contributed by atoms with E-state index < -0.39 is 49.4 Å². The molecule has 0 aliphatic heterocycles. The van der Waals surface area contributed by atoms with Gasteiger partial charge in [-0.2, -0.15) is 0 Å². The van der Waals surface area contributed by atoms with Gasteiger partial charge < -0.3 is 13.9 Å². The molecule has 0 unspecified atom stereocenters. The largest absolute Gasteiger partial charge is 0.360 e. The summed E-state index contributed by atoms with van der Waals surface area (Å²) >= 11 is 0. The third-order valence-electron chi connectivity index (χ3n) is 2.25. The van der Waals surface area contributed by atoms with Crippen LogP contribution in [0.1, 0.15) is 0 Å². The fraction of sp³-hybridized carbons (Fsp3) is 1.00. The molecule has 3 N–H and O–H groups in total. The Kier molecular flexibility index (Phi) is 18.7. The van der Waals surface area contributed by atoms with Gasteiger partial charge in [0.05, 0.1) is 0 Å². The van der Waals surface area contributed by atoms with E-state index in [-0.39, 0.29) is 38.6 Å². The number of hydrogen-bond acceptors (Lipinski definition) is 3. The number of nitrogens with one attached hydrogen (secondary N) is 3. The van der Waals surface area contributed by atoms with Crippen LogP contribution in [-0.2, 0) is 0 Å². The molecule has 0 saturated carbocycles. The minimum Gasteiger partial charge on any atom is -0.360 e. The Morgan fingerprint density at radius 3 is 0.321 bits per heavy atom. The molecule has 0 aromatic rings. The molecule has 10 heteroatoms. The van der Waals surface area contributed by atoms with E-state index in [2.05, 4.69) is 132 Å². The van der Waals surface area contributed by atoms with Crippen molar-refractivity contribution in [2.45, 2.75) is 118 Å². The zero-order valence-corrected chi connectivity index (χ0v) is 31.0. The minimum atomic E-state index is -0.981. The Morgan fingerprint density at radius 1 is 0.250 bits per heavy atom. The third kappa shape index (κ3) is 51.3. The van der Waals surface area contributed by atoms with E-state index in [0.717, 1.165) is 0 Å². The van der Waals surface area contributed by atoms with Crippen LogP contribution in [0.5, 0.6) is 0 Å². The van der Waals surface area contributed by atoms with Gasteiger partial charge in [0, 0.05) is 38.6 Å². The van der Waals surface area contributed by atoms with E-state index >= 15 is 0 Å². The SMILES string of the molecule is C[Si](C)(C)N[Si](C)(C)C.C[Si](C)(C)N[Si](C)(C)C.C[Si](C)(C)N[Si](C)(C)C.[Tb]. The predicted octanol–water partition coefficient (Wildman–Crippen LogP) is 6.74. The van der Waals surface area contributed by atoms with E-state index in [0.29, 0.717) is 0 Å². The first-order valence-corrected chi connectivity index (χ1v) is 31.5. The molecule has 1 radical (unpaired) electrons. The fourth-order valence-corrected chi connectivity index (χ4v) is 30.4. The van der Waals surface area contributed by atoms with Crippen LogP contribution in [-0.4, -0.2) is 49.4 Å². The Morgan fingerprint density at radius 2 is 0.321 bits per heavy atom. The average molecular weight is 643 g/mol. The van der Waals surface area contributed by atoms with E-state index in [9.17, 15) is 0 Å². The quantitative estimate of drug-likeness (QED) is 0.281. The van der Waals surface area contributed by atoms with E-state index in [1.807, 2.05) is 0 Å². The van der Waals surface area contributed by atoms with Gasteiger partial charge in [-0.15, -0.1) is 0 Å². The Bertz CT molecular complexity index is 297. The molecule has 0 heterocycles. The van der Waals surface area contributed by atoms with Crippen molar-refractivity contribution >= 4 is 49.4 Å². The second-order valence-electron chi connectivity index (χ2n) is 13.9. The minimum absolute atomic E-state index is 0. The molecule has 0 spiro atoms. The van der Waals surface area contributed by atoms with Crippen molar-refractivity contribution in [3.63, 3.8) is 0 Å². The summed E-state index contributed by atoms with van der Waals surface area (Å²) in [5.41, 5.74) is 0. The molecule has 0 atom stereocenters. The van der Waals surface area contributed by atoms with Gasteiger partial charge in [-0.25, -0.2) is 0 Å². The zero-order chi connectivity index (χ0) is 23.1. The van der Waals surface area contributed by atoms with Crippen molar-refractivity contribution in [2.24, 2.45) is 0 Å². The van der Waals surface area contributed by atoms with Crippen LogP contribution in [0, 0.1) is 38.6 Å². The summed E-state index contributed by atoms with van der Waals surface area (Å²) in [5, 5.41) is 0. The number of hydrogen-bond donors (Lipinski definition) is 3. The second kappa shape index (κ2) is 13.9. The monoisotopic (exact) mass is 642 g/mol. The molecule has 0 bridgehead atoms. The molecule has 3 nitrogen and oxygen atoms in total. The smallest absolute Gasteiger partial charge is 0.109 e. The van der Waals surface area contributed by atoms with Gasteiger partial charge in [-0.3, -0.25) is 0 Å². The molecule has 28 heavy (non-hydrogen) atoms. The maximum Gasteiger partial charge on any atom is 0.109 e. The van der Waals surface area contributed by atoms with Crippen LogP contribution in [0.4, 0.5) is 0 Å². The van der Waals surface area contributed by atoms with Crippen molar-refractivity contribution < 1.29 is 38.6 Å². The molecular formula is C18H57N3Si6Tb. The van der Waals surface area contributed by atoms with Crippen molar-refractivity contribution in [3.8, 4) is 0 Å². The van der Waals surface area contributed by atoms with Crippen molar-refractivity contribution in [1.82, 2.24) is 13.9 Å². The molecule has 177 valence electrons. The summed E-state index contributed by atoms with van der Waals surface area (Å²) < 4.78 is 11.2. The van der Waals surface area contributed by atoms with E-state index in [4.69, 9.17) is 0 Å². The maximum atomic E-state index is 3.74. The zero-order valence-electron chi connectivity index (χ0n) is 22.8. The molecule has 0 rings (SSSR count). The third-order valence-corrected chi connectivity index (χ3v) is 20.2. The number of rotatable bonds is 6. The molecular weight excluding hydrogens is 586 g/mol. The van der Waals surface area contributed by atoms with E-state index in [1.165, 1.54) is 0 Å². The summed E-state index contributed by atoms with van der Waals surface area (Å²) in [6.45, 7) is 42.3. The van der Waals surface area contributed by atoms with Gasteiger partial charge >= 0.3 is 0 Å². The first-order chi connectivity index (χ1) is 11.1. The molecule has 0 fully saturated rings. The summed E-state index contributed by atoms with van der Waals surface area (Å²) in [5.74, 6) is 0. The standard InChI is InChI=1S/3C6H19NSi2.Tb/c3*1-8(2,3)7-9(4,5)6;/h3*7H,1-6H3;. The summed E-state index contributed by atoms with van der Waals surface area (Å²) in [6, 6.07) is 0.